The lowest BCUT2D eigenvalue weighted by Crippen LogP contribution is -2.50. The van der Waals surface area contributed by atoms with Gasteiger partial charge in [-0.3, -0.25) is 4.79 Å². The molecule has 6 heteroatoms. The van der Waals surface area contributed by atoms with Crippen LogP contribution in [0.3, 0.4) is 0 Å². The van der Waals surface area contributed by atoms with E-state index in [1.807, 2.05) is 0 Å². The van der Waals surface area contributed by atoms with Crippen LogP contribution in [0.25, 0.3) is 0 Å². The molecule has 66 valence electrons. The number of hydrogen-bond donors (Lipinski definition) is 3. The van der Waals surface area contributed by atoms with Crippen molar-refractivity contribution in [2.75, 3.05) is 6.54 Å². The summed E-state index contributed by atoms with van der Waals surface area (Å²) < 4.78 is 0. The first kappa shape index (κ1) is 8.69. The first-order valence-corrected chi connectivity index (χ1v) is 3.18. The van der Waals surface area contributed by atoms with Crippen LogP contribution in [0.4, 0.5) is 4.79 Å². The van der Waals surface area contributed by atoms with E-state index in [1.54, 1.807) is 0 Å². The zero-order valence-corrected chi connectivity index (χ0v) is 6.15. The largest absolute Gasteiger partial charge is 0.345 e. The first-order valence-electron chi connectivity index (χ1n) is 3.18. The summed E-state index contributed by atoms with van der Waals surface area (Å²) in [6, 6.07) is -0.843. The maximum atomic E-state index is 10.9. The normalized spacial score (nSPS) is 18.0. The van der Waals surface area contributed by atoms with Gasteiger partial charge in [-0.25, -0.2) is 9.69 Å². The number of carbonyl (C=O) groups excluding carboxylic acids is 2. The summed E-state index contributed by atoms with van der Waals surface area (Å²) >= 11 is 0. The van der Waals surface area contributed by atoms with E-state index < -0.39 is 17.8 Å². The number of hydrogen-bond acceptors (Lipinski definition) is 4. The zero-order valence-electron chi connectivity index (χ0n) is 6.15. The molecule has 0 saturated carbocycles. The Bertz CT molecular complexity index is 232. The van der Waals surface area contributed by atoms with E-state index in [4.69, 9.17) is 10.2 Å². The number of amides is 3. The van der Waals surface area contributed by atoms with Gasteiger partial charge < -0.3 is 15.5 Å². The van der Waals surface area contributed by atoms with Crippen LogP contribution in [-0.4, -0.2) is 39.5 Å². The Morgan fingerprint density at radius 1 is 1.58 bits per heavy atom. The number of aliphatic hydroxyl groups is 2. The minimum Gasteiger partial charge on any atom is -0.345 e. The number of urea groups is 1. The highest BCUT2D eigenvalue weighted by atomic mass is 16.5. The Morgan fingerprint density at radius 2 is 2.17 bits per heavy atom. The average Bonchev–Trinajstić information content (AvgIpc) is 2.31. The Kier molecular flexibility index (Phi) is 1.87. The highest BCUT2D eigenvalue weighted by Gasteiger charge is 2.42. The van der Waals surface area contributed by atoms with Crippen LogP contribution in [0, 0.1) is 0 Å². The fraction of sp³-hybridized carbons (Fsp3) is 0.333. The maximum absolute atomic E-state index is 10.9. The summed E-state index contributed by atoms with van der Waals surface area (Å²) in [7, 11) is 0. The van der Waals surface area contributed by atoms with Crippen molar-refractivity contribution in [3.63, 3.8) is 0 Å². The molecule has 0 bridgehead atoms. The number of nitrogens with one attached hydrogen (secondary N) is 1. The van der Waals surface area contributed by atoms with Gasteiger partial charge in [0.25, 0.3) is 11.8 Å². The maximum Gasteiger partial charge on any atom is 0.329 e. The Labute approximate surface area is 68.1 Å². The van der Waals surface area contributed by atoms with E-state index in [9.17, 15) is 9.59 Å². The molecule has 0 spiro atoms. The average molecular weight is 172 g/mol. The van der Waals surface area contributed by atoms with Gasteiger partial charge in [0.1, 0.15) is 0 Å². The van der Waals surface area contributed by atoms with Crippen LogP contribution in [0.1, 0.15) is 0 Å². The Hall–Kier alpha value is -1.40. The molecule has 1 fully saturated rings. The monoisotopic (exact) mass is 172 g/mol. The summed E-state index contributed by atoms with van der Waals surface area (Å²) in [6.07, 6.45) is 0.690. The van der Waals surface area contributed by atoms with E-state index >= 15 is 0 Å². The smallest absolute Gasteiger partial charge is 0.329 e. The molecule has 1 aliphatic heterocycles. The molecule has 1 saturated heterocycles. The lowest BCUT2D eigenvalue weighted by atomic mass is 10.4. The molecule has 3 N–H and O–H groups in total. The third kappa shape index (κ3) is 1.17. The van der Waals surface area contributed by atoms with Gasteiger partial charge in [-0.15, -0.1) is 0 Å². The lowest BCUT2D eigenvalue weighted by molar-refractivity contribution is -0.203. The highest BCUT2D eigenvalue weighted by molar-refractivity contribution is 6.02. The SMILES string of the molecule is C=CC(O)(O)N1C(=O)CNC1=O. The van der Waals surface area contributed by atoms with Gasteiger partial charge in [0.2, 0.25) is 0 Å². The fourth-order valence-corrected chi connectivity index (χ4v) is 0.847. The molecule has 3 amide bonds. The minimum absolute atomic E-state index is 0.227. The fourth-order valence-electron chi connectivity index (χ4n) is 0.847. The van der Waals surface area contributed by atoms with Gasteiger partial charge in [0.15, 0.2) is 0 Å². The molecule has 0 aliphatic carbocycles. The second kappa shape index (κ2) is 2.58. The van der Waals surface area contributed by atoms with Gasteiger partial charge in [-0.1, -0.05) is 6.58 Å². The quantitative estimate of drug-likeness (QED) is 0.265. The molecule has 0 aromatic heterocycles. The van der Waals surface area contributed by atoms with Crippen molar-refractivity contribution in [2.24, 2.45) is 0 Å². The molecule has 1 aliphatic rings. The molecule has 12 heavy (non-hydrogen) atoms. The van der Waals surface area contributed by atoms with Gasteiger partial charge in [-0.2, -0.15) is 0 Å². The molecule has 6 nitrogen and oxygen atoms in total. The van der Waals surface area contributed by atoms with Crippen LogP contribution in [-0.2, 0) is 4.79 Å². The zero-order chi connectivity index (χ0) is 9.35. The van der Waals surface area contributed by atoms with Gasteiger partial charge in [-0.05, 0) is 6.08 Å². The van der Waals surface area contributed by atoms with E-state index in [2.05, 4.69) is 11.9 Å². The molecule has 0 aromatic carbocycles. The third-order valence-corrected chi connectivity index (χ3v) is 1.45. The molecule has 1 rings (SSSR count). The minimum atomic E-state index is -2.60. The van der Waals surface area contributed by atoms with E-state index in [-0.39, 0.29) is 6.54 Å². The molecule has 0 unspecified atom stereocenters. The van der Waals surface area contributed by atoms with Crippen molar-refractivity contribution in [1.29, 1.82) is 0 Å². The second-order valence-electron chi connectivity index (χ2n) is 2.28. The van der Waals surface area contributed by atoms with Crippen molar-refractivity contribution in [3.05, 3.63) is 12.7 Å². The van der Waals surface area contributed by atoms with E-state index in [1.165, 1.54) is 0 Å². The van der Waals surface area contributed by atoms with Gasteiger partial charge >= 0.3 is 6.03 Å². The molecule has 1 heterocycles. The lowest BCUT2D eigenvalue weighted by Gasteiger charge is -2.25. The van der Waals surface area contributed by atoms with Crippen LogP contribution in [0.2, 0.25) is 0 Å². The number of rotatable bonds is 2. The summed E-state index contributed by atoms with van der Waals surface area (Å²) in [5.74, 6) is -3.30. The van der Waals surface area contributed by atoms with Gasteiger partial charge in [0.05, 0.1) is 6.54 Å². The molecule has 0 aromatic rings. The van der Waals surface area contributed by atoms with Gasteiger partial charge in [0, 0.05) is 0 Å². The molecular weight excluding hydrogens is 164 g/mol. The van der Waals surface area contributed by atoms with Crippen molar-refractivity contribution < 1.29 is 19.8 Å². The molecule has 0 radical (unpaired) electrons. The van der Waals surface area contributed by atoms with Crippen molar-refractivity contribution in [1.82, 2.24) is 10.2 Å². The summed E-state index contributed by atoms with van der Waals surface area (Å²) in [4.78, 5) is 22.0. The van der Waals surface area contributed by atoms with E-state index in [0.29, 0.717) is 11.0 Å². The Balaban J connectivity index is 2.93. The van der Waals surface area contributed by atoms with Crippen LogP contribution < -0.4 is 5.32 Å². The summed E-state index contributed by atoms with van der Waals surface area (Å²) in [5.41, 5.74) is 0. The Morgan fingerprint density at radius 3 is 2.50 bits per heavy atom. The summed E-state index contributed by atoms with van der Waals surface area (Å²) in [6.45, 7) is 2.85. The van der Waals surface area contributed by atoms with Crippen LogP contribution >= 0.6 is 0 Å². The topological polar surface area (TPSA) is 89.9 Å². The highest BCUT2D eigenvalue weighted by Crippen LogP contribution is 2.13. The van der Waals surface area contributed by atoms with E-state index in [0.717, 1.165) is 0 Å². The molecular formula is C6H8N2O4. The number of carbonyl (C=O) groups is 2. The van der Waals surface area contributed by atoms with Crippen molar-refractivity contribution >= 4 is 11.9 Å². The molecule has 0 atom stereocenters. The predicted octanol–water partition coefficient (Wildman–Crippen LogP) is -1.64. The third-order valence-electron chi connectivity index (χ3n) is 1.45. The number of imide groups is 1. The number of nitrogens with zero attached hydrogens (tertiary/aromatic N) is 1. The van der Waals surface area contributed by atoms with Crippen molar-refractivity contribution in [2.45, 2.75) is 5.91 Å². The first-order chi connectivity index (χ1) is 5.49. The van der Waals surface area contributed by atoms with Crippen LogP contribution in [0.5, 0.6) is 0 Å². The van der Waals surface area contributed by atoms with Crippen molar-refractivity contribution in [3.8, 4) is 0 Å². The standard InChI is InChI=1S/C6H8N2O4/c1-2-6(11,12)8-4(9)3-7-5(8)10/h2,11-12H,1,3H2,(H,7,10). The van der Waals surface area contributed by atoms with Crippen LogP contribution in [0.15, 0.2) is 12.7 Å². The second-order valence-corrected chi connectivity index (χ2v) is 2.28. The summed E-state index contributed by atoms with van der Waals surface area (Å²) in [5, 5.41) is 20.2. The predicted molar refractivity (Wildman–Crippen MR) is 37.6 cm³/mol.